The Hall–Kier alpha value is -2.47. The Morgan fingerprint density at radius 2 is 1.96 bits per heavy atom. The second-order valence-corrected chi connectivity index (χ2v) is 7.06. The highest BCUT2D eigenvalue weighted by Crippen LogP contribution is 2.30. The van der Waals surface area contributed by atoms with Gasteiger partial charge in [0, 0.05) is 38.6 Å². The van der Waals surface area contributed by atoms with Gasteiger partial charge in [0.2, 0.25) is 5.91 Å². The topological polar surface area (TPSA) is 48.5 Å². The molecule has 1 aliphatic carbocycles. The Bertz CT molecular complexity index is 768. The van der Waals surface area contributed by atoms with Crippen LogP contribution in [-0.2, 0) is 11.3 Å². The molecule has 0 spiro atoms. The molecule has 0 bridgehead atoms. The molecular formula is C20H23FN4O. The Balaban J connectivity index is 1.29. The third-order valence-electron chi connectivity index (χ3n) is 4.96. The number of aromatic nitrogens is 1. The van der Waals surface area contributed by atoms with Crippen molar-refractivity contribution in [1.82, 2.24) is 9.88 Å². The summed E-state index contributed by atoms with van der Waals surface area (Å²) in [6.07, 6.45) is 3.73. The number of carbonyl (C=O) groups is 1. The third kappa shape index (κ3) is 4.19. The SMILES string of the molecule is O=C(Nc1ccc(N2CCN(Cc3cccc(F)c3)CC2)nc1)C1CC1. The maximum atomic E-state index is 13.3. The number of pyridine rings is 1. The van der Waals surface area contributed by atoms with Crippen LogP contribution in [0.2, 0.25) is 0 Å². The summed E-state index contributed by atoms with van der Waals surface area (Å²) >= 11 is 0. The summed E-state index contributed by atoms with van der Waals surface area (Å²) in [6, 6.07) is 10.7. The second kappa shape index (κ2) is 7.41. The summed E-state index contributed by atoms with van der Waals surface area (Å²) in [4.78, 5) is 20.9. The molecule has 2 heterocycles. The van der Waals surface area contributed by atoms with Crippen LogP contribution in [0, 0.1) is 11.7 Å². The molecule has 0 atom stereocenters. The minimum atomic E-state index is -0.181. The number of nitrogens with zero attached hydrogens (tertiary/aromatic N) is 3. The largest absolute Gasteiger partial charge is 0.354 e. The first-order chi connectivity index (χ1) is 12.7. The van der Waals surface area contributed by atoms with Crippen LogP contribution in [0.3, 0.4) is 0 Å². The van der Waals surface area contributed by atoms with Crippen molar-refractivity contribution >= 4 is 17.4 Å². The van der Waals surface area contributed by atoms with E-state index in [2.05, 4.69) is 20.1 Å². The minimum absolute atomic E-state index is 0.102. The van der Waals surface area contributed by atoms with E-state index in [0.717, 1.165) is 62.6 Å². The molecule has 136 valence electrons. The Labute approximate surface area is 152 Å². The third-order valence-corrected chi connectivity index (χ3v) is 4.96. The van der Waals surface area contributed by atoms with Gasteiger partial charge in [-0.1, -0.05) is 12.1 Å². The smallest absolute Gasteiger partial charge is 0.227 e. The molecule has 1 amide bonds. The highest BCUT2D eigenvalue weighted by Gasteiger charge is 2.29. The number of anilines is 2. The maximum absolute atomic E-state index is 13.3. The van der Waals surface area contributed by atoms with E-state index in [-0.39, 0.29) is 17.6 Å². The highest BCUT2D eigenvalue weighted by atomic mass is 19.1. The van der Waals surface area contributed by atoms with E-state index >= 15 is 0 Å². The zero-order valence-electron chi connectivity index (χ0n) is 14.7. The summed E-state index contributed by atoms with van der Waals surface area (Å²) in [5.74, 6) is 1.05. The average Bonchev–Trinajstić information content (AvgIpc) is 3.48. The fraction of sp³-hybridized carbons (Fsp3) is 0.400. The first-order valence-electron chi connectivity index (χ1n) is 9.16. The molecule has 0 radical (unpaired) electrons. The predicted molar refractivity (Wildman–Crippen MR) is 99.5 cm³/mol. The van der Waals surface area contributed by atoms with Gasteiger partial charge in [-0.05, 0) is 42.7 Å². The molecule has 26 heavy (non-hydrogen) atoms. The first kappa shape index (κ1) is 17.0. The predicted octanol–water partition coefficient (Wildman–Crippen LogP) is 2.89. The van der Waals surface area contributed by atoms with E-state index in [1.54, 1.807) is 18.3 Å². The lowest BCUT2D eigenvalue weighted by Gasteiger charge is -2.35. The molecule has 5 nitrogen and oxygen atoms in total. The van der Waals surface area contributed by atoms with Gasteiger partial charge in [-0.2, -0.15) is 0 Å². The zero-order valence-corrected chi connectivity index (χ0v) is 14.7. The van der Waals surface area contributed by atoms with E-state index < -0.39 is 0 Å². The summed E-state index contributed by atoms with van der Waals surface area (Å²) in [5.41, 5.74) is 1.77. The Morgan fingerprint density at radius 1 is 1.15 bits per heavy atom. The van der Waals surface area contributed by atoms with Crippen molar-refractivity contribution in [2.45, 2.75) is 19.4 Å². The zero-order chi connectivity index (χ0) is 17.9. The van der Waals surface area contributed by atoms with Crippen molar-refractivity contribution in [2.24, 2.45) is 5.92 Å². The van der Waals surface area contributed by atoms with E-state index in [9.17, 15) is 9.18 Å². The van der Waals surface area contributed by atoms with Gasteiger partial charge in [-0.15, -0.1) is 0 Å². The number of benzene rings is 1. The van der Waals surface area contributed by atoms with Crippen LogP contribution in [0.5, 0.6) is 0 Å². The molecule has 2 fully saturated rings. The molecule has 2 aliphatic rings. The van der Waals surface area contributed by atoms with E-state index in [4.69, 9.17) is 0 Å². The standard InChI is InChI=1S/C20H23FN4O/c21-17-3-1-2-15(12-17)14-24-8-10-25(11-9-24)19-7-6-18(13-22-19)23-20(26)16-4-5-16/h1-3,6-7,12-13,16H,4-5,8-11,14H2,(H,23,26). The monoisotopic (exact) mass is 354 g/mol. The molecular weight excluding hydrogens is 331 g/mol. The van der Waals surface area contributed by atoms with E-state index in [1.165, 1.54) is 6.07 Å². The van der Waals surface area contributed by atoms with E-state index in [1.807, 2.05) is 18.2 Å². The van der Waals surface area contributed by atoms with Crippen LogP contribution in [-0.4, -0.2) is 42.0 Å². The van der Waals surface area contributed by atoms with Crippen molar-refractivity contribution in [1.29, 1.82) is 0 Å². The number of piperazine rings is 1. The quantitative estimate of drug-likeness (QED) is 0.897. The molecule has 1 saturated heterocycles. The van der Waals surface area contributed by atoms with Crippen LogP contribution in [0.4, 0.5) is 15.9 Å². The van der Waals surface area contributed by atoms with Gasteiger partial charge in [-0.3, -0.25) is 9.69 Å². The molecule has 1 saturated carbocycles. The molecule has 2 aromatic rings. The van der Waals surface area contributed by atoms with Gasteiger partial charge in [0.15, 0.2) is 0 Å². The van der Waals surface area contributed by atoms with Gasteiger partial charge in [0.25, 0.3) is 0 Å². The van der Waals surface area contributed by atoms with Crippen LogP contribution in [0.15, 0.2) is 42.6 Å². The van der Waals surface area contributed by atoms with Crippen LogP contribution in [0.1, 0.15) is 18.4 Å². The molecule has 4 rings (SSSR count). The number of halogens is 1. The van der Waals surface area contributed by atoms with Gasteiger partial charge in [0.1, 0.15) is 11.6 Å². The first-order valence-corrected chi connectivity index (χ1v) is 9.16. The van der Waals surface area contributed by atoms with Crippen molar-refractivity contribution in [2.75, 3.05) is 36.4 Å². The van der Waals surface area contributed by atoms with Gasteiger partial charge in [-0.25, -0.2) is 9.37 Å². The number of carbonyl (C=O) groups excluding carboxylic acids is 1. The Morgan fingerprint density at radius 3 is 2.62 bits per heavy atom. The summed E-state index contributed by atoms with van der Waals surface area (Å²) in [5, 5.41) is 2.91. The molecule has 1 aliphatic heterocycles. The van der Waals surface area contributed by atoms with Crippen molar-refractivity contribution in [3.63, 3.8) is 0 Å². The summed E-state index contributed by atoms with van der Waals surface area (Å²) in [7, 11) is 0. The lowest BCUT2D eigenvalue weighted by Crippen LogP contribution is -2.46. The molecule has 0 unspecified atom stereocenters. The number of amides is 1. The van der Waals surface area contributed by atoms with Crippen molar-refractivity contribution in [3.05, 3.63) is 54.0 Å². The molecule has 1 aromatic carbocycles. The van der Waals surface area contributed by atoms with Crippen molar-refractivity contribution in [3.8, 4) is 0 Å². The lowest BCUT2D eigenvalue weighted by atomic mass is 10.2. The number of nitrogens with one attached hydrogen (secondary N) is 1. The lowest BCUT2D eigenvalue weighted by molar-refractivity contribution is -0.117. The molecule has 1 aromatic heterocycles. The molecule has 1 N–H and O–H groups in total. The van der Waals surface area contributed by atoms with Crippen LogP contribution < -0.4 is 10.2 Å². The summed E-state index contributed by atoms with van der Waals surface area (Å²) < 4.78 is 13.3. The van der Waals surface area contributed by atoms with Crippen molar-refractivity contribution < 1.29 is 9.18 Å². The highest BCUT2D eigenvalue weighted by molar-refractivity contribution is 5.93. The van der Waals surface area contributed by atoms with Crippen LogP contribution in [0.25, 0.3) is 0 Å². The van der Waals surface area contributed by atoms with Gasteiger partial charge >= 0.3 is 0 Å². The normalized spacial score (nSPS) is 18.0. The maximum Gasteiger partial charge on any atom is 0.227 e. The fourth-order valence-electron chi connectivity index (χ4n) is 3.27. The second-order valence-electron chi connectivity index (χ2n) is 7.06. The van der Waals surface area contributed by atoms with Crippen LogP contribution >= 0.6 is 0 Å². The fourth-order valence-corrected chi connectivity index (χ4v) is 3.27. The van der Waals surface area contributed by atoms with Gasteiger partial charge < -0.3 is 10.2 Å². The Kier molecular flexibility index (Phi) is 4.84. The number of hydrogen-bond acceptors (Lipinski definition) is 4. The summed E-state index contributed by atoms with van der Waals surface area (Å²) in [6.45, 7) is 4.37. The number of rotatable bonds is 5. The average molecular weight is 354 g/mol. The van der Waals surface area contributed by atoms with E-state index in [0.29, 0.717) is 0 Å². The molecule has 6 heteroatoms. The van der Waals surface area contributed by atoms with Gasteiger partial charge in [0.05, 0.1) is 11.9 Å². The minimum Gasteiger partial charge on any atom is -0.354 e. The number of hydrogen-bond donors (Lipinski definition) is 1.